The zero-order chi connectivity index (χ0) is 24.9. The van der Waals surface area contributed by atoms with E-state index in [4.69, 9.17) is 16.3 Å². The number of halogens is 1. The first-order valence-corrected chi connectivity index (χ1v) is 13.2. The number of rotatable bonds is 7. The SMILES string of the molecule is CC(C)(C)OC(=O)NCCCCC(=O)N1CCN(S(=O)(=O)c2ccc3cc(Cl)ccc3c2)CC1. The molecule has 10 heteroatoms. The second kappa shape index (κ2) is 10.9. The molecule has 2 aromatic carbocycles. The van der Waals surface area contributed by atoms with Crippen LogP contribution >= 0.6 is 11.6 Å². The van der Waals surface area contributed by atoms with Crippen molar-refractivity contribution < 1.29 is 22.7 Å². The minimum absolute atomic E-state index is 0.00287. The highest BCUT2D eigenvalue weighted by Gasteiger charge is 2.30. The van der Waals surface area contributed by atoms with Crippen molar-refractivity contribution in [3.63, 3.8) is 0 Å². The molecule has 0 saturated carbocycles. The molecule has 3 rings (SSSR count). The van der Waals surface area contributed by atoms with E-state index >= 15 is 0 Å². The molecule has 34 heavy (non-hydrogen) atoms. The summed E-state index contributed by atoms with van der Waals surface area (Å²) in [7, 11) is -3.65. The molecule has 1 aliphatic heterocycles. The lowest BCUT2D eigenvalue weighted by molar-refractivity contribution is -0.132. The molecule has 2 aromatic rings. The van der Waals surface area contributed by atoms with E-state index < -0.39 is 21.7 Å². The monoisotopic (exact) mass is 509 g/mol. The molecular formula is C24H32ClN3O5S. The van der Waals surface area contributed by atoms with Crippen LogP contribution < -0.4 is 5.32 Å². The Bertz CT molecular complexity index is 1140. The molecule has 0 unspecified atom stereocenters. The van der Waals surface area contributed by atoms with E-state index in [1.807, 2.05) is 0 Å². The smallest absolute Gasteiger partial charge is 0.407 e. The molecule has 0 bridgehead atoms. The summed E-state index contributed by atoms with van der Waals surface area (Å²) in [5.74, 6) is -0.00287. The van der Waals surface area contributed by atoms with Gasteiger partial charge in [-0.3, -0.25) is 4.79 Å². The molecule has 1 N–H and O–H groups in total. The predicted octanol–water partition coefficient (Wildman–Crippen LogP) is 4.02. The lowest BCUT2D eigenvalue weighted by atomic mass is 10.1. The zero-order valence-electron chi connectivity index (χ0n) is 19.8. The average molecular weight is 510 g/mol. The summed E-state index contributed by atoms with van der Waals surface area (Å²) in [6, 6.07) is 10.3. The summed E-state index contributed by atoms with van der Waals surface area (Å²) in [5.41, 5.74) is -0.543. The Morgan fingerprint density at radius 2 is 1.65 bits per heavy atom. The molecule has 1 fully saturated rings. The number of carbonyl (C=O) groups excluding carboxylic acids is 2. The van der Waals surface area contributed by atoms with Gasteiger partial charge in [0.2, 0.25) is 15.9 Å². The molecular weight excluding hydrogens is 478 g/mol. The quantitative estimate of drug-likeness (QED) is 0.569. The summed E-state index contributed by atoms with van der Waals surface area (Å²) in [4.78, 5) is 26.1. The van der Waals surface area contributed by atoms with Crippen LogP contribution in [0.2, 0.25) is 5.02 Å². The van der Waals surface area contributed by atoms with Crippen LogP contribution in [0.25, 0.3) is 10.8 Å². The van der Waals surface area contributed by atoms with Gasteiger partial charge in [0, 0.05) is 44.2 Å². The number of piperazine rings is 1. The van der Waals surface area contributed by atoms with Gasteiger partial charge >= 0.3 is 6.09 Å². The Kier molecular flexibility index (Phi) is 8.43. The maximum atomic E-state index is 13.1. The minimum Gasteiger partial charge on any atom is -0.444 e. The zero-order valence-corrected chi connectivity index (χ0v) is 21.4. The maximum Gasteiger partial charge on any atom is 0.407 e. The minimum atomic E-state index is -3.65. The van der Waals surface area contributed by atoms with E-state index in [0.29, 0.717) is 43.9 Å². The standard InChI is InChI=1S/C24H32ClN3O5S/c1-24(2,3)33-23(30)26-11-5-4-6-22(29)27-12-14-28(15-13-27)34(31,32)21-10-8-18-16-20(25)9-7-19(18)17-21/h7-10,16-17H,4-6,11-15H2,1-3H3,(H,26,30). The van der Waals surface area contributed by atoms with Gasteiger partial charge in [0.05, 0.1) is 4.90 Å². The topological polar surface area (TPSA) is 96.0 Å². The van der Waals surface area contributed by atoms with Crippen molar-refractivity contribution in [2.24, 2.45) is 0 Å². The third-order valence-corrected chi connectivity index (χ3v) is 7.62. The van der Waals surface area contributed by atoms with Crippen LogP contribution in [-0.4, -0.2) is 67.9 Å². The number of hydrogen-bond acceptors (Lipinski definition) is 5. The molecule has 2 amide bonds. The summed E-state index contributed by atoms with van der Waals surface area (Å²) in [5, 5.41) is 4.96. The third-order valence-electron chi connectivity index (χ3n) is 5.49. The third kappa shape index (κ3) is 7.07. The van der Waals surface area contributed by atoms with E-state index in [-0.39, 0.29) is 23.9 Å². The number of unbranched alkanes of at least 4 members (excludes halogenated alkanes) is 1. The van der Waals surface area contributed by atoms with Crippen LogP contribution in [-0.2, 0) is 19.6 Å². The Morgan fingerprint density at radius 3 is 2.32 bits per heavy atom. The van der Waals surface area contributed by atoms with Crippen molar-refractivity contribution >= 4 is 44.4 Å². The molecule has 0 spiro atoms. The molecule has 186 valence electrons. The van der Waals surface area contributed by atoms with Gasteiger partial charge < -0.3 is 15.0 Å². The fourth-order valence-electron chi connectivity index (χ4n) is 3.75. The molecule has 0 aliphatic carbocycles. The predicted molar refractivity (Wildman–Crippen MR) is 132 cm³/mol. The van der Waals surface area contributed by atoms with Gasteiger partial charge in [0.25, 0.3) is 0 Å². The second-order valence-corrected chi connectivity index (χ2v) is 11.7. The molecule has 1 aliphatic rings. The van der Waals surface area contributed by atoms with Crippen molar-refractivity contribution in [1.29, 1.82) is 0 Å². The Hall–Kier alpha value is -2.36. The number of amides is 2. The molecule has 0 atom stereocenters. The number of ether oxygens (including phenoxy) is 1. The van der Waals surface area contributed by atoms with E-state index in [0.717, 1.165) is 10.8 Å². The molecule has 0 radical (unpaired) electrons. The number of sulfonamides is 1. The molecule has 0 aromatic heterocycles. The second-order valence-electron chi connectivity index (χ2n) is 9.32. The van der Waals surface area contributed by atoms with Gasteiger partial charge in [0.15, 0.2) is 0 Å². The van der Waals surface area contributed by atoms with Crippen LogP contribution in [0.4, 0.5) is 4.79 Å². The summed E-state index contributed by atoms with van der Waals surface area (Å²) in [6.45, 7) is 7.07. The first-order chi connectivity index (χ1) is 16.0. The first kappa shape index (κ1) is 26.2. The largest absolute Gasteiger partial charge is 0.444 e. The number of carbonyl (C=O) groups is 2. The Morgan fingerprint density at radius 1 is 1.00 bits per heavy atom. The average Bonchev–Trinajstić information content (AvgIpc) is 2.77. The van der Waals surface area contributed by atoms with Crippen LogP contribution in [0.15, 0.2) is 41.3 Å². The highest BCUT2D eigenvalue weighted by Crippen LogP contribution is 2.25. The summed E-state index contributed by atoms with van der Waals surface area (Å²) in [6.07, 6.45) is 1.18. The maximum absolute atomic E-state index is 13.1. The fraction of sp³-hybridized carbons (Fsp3) is 0.500. The normalized spacial score (nSPS) is 15.4. The van der Waals surface area contributed by atoms with Crippen molar-refractivity contribution in [2.45, 2.75) is 50.5 Å². The number of benzene rings is 2. The number of nitrogens with zero attached hydrogens (tertiary/aromatic N) is 2. The Labute approximate surface area is 206 Å². The van der Waals surface area contributed by atoms with Gasteiger partial charge in [-0.2, -0.15) is 4.31 Å². The van der Waals surface area contributed by atoms with Gasteiger partial charge in [-0.1, -0.05) is 23.7 Å². The molecule has 1 heterocycles. The van der Waals surface area contributed by atoms with Crippen molar-refractivity contribution in [3.8, 4) is 0 Å². The molecule has 8 nitrogen and oxygen atoms in total. The number of fused-ring (bicyclic) bond motifs is 1. The molecule has 1 saturated heterocycles. The number of hydrogen-bond donors (Lipinski definition) is 1. The highest BCUT2D eigenvalue weighted by molar-refractivity contribution is 7.89. The van der Waals surface area contributed by atoms with E-state index in [9.17, 15) is 18.0 Å². The van der Waals surface area contributed by atoms with Crippen molar-refractivity contribution in [1.82, 2.24) is 14.5 Å². The van der Waals surface area contributed by atoms with E-state index in [1.54, 1.807) is 62.1 Å². The van der Waals surface area contributed by atoms with Crippen molar-refractivity contribution in [2.75, 3.05) is 32.7 Å². The summed E-state index contributed by atoms with van der Waals surface area (Å²) >= 11 is 6.01. The van der Waals surface area contributed by atoms with E-state index in [1.165, 1.54) is 4.31 Å². The number of alkyl carbamates (subject to hydrolysis) is 1. The lowest BCUT2D eigenvalue weighted by Crippen LogP contribution is -2.50. The van der Waals surface area contributed by atoms with Crippen LogP contribution in [0.1, 0.15) is 40.0 Å². The van der Waals surface area contributed by atoms with Crippen LogP contribution in [0.5, 0.6) is 0 Å². The highest BCUT2D eigenvalue weighted by atomic mass is 35.5. The van der Waals surface area contributed by atoms with Crippen LogP contribution in [0.3, 0.4) is 0 Å². The lowest BCUT2D eigenvalue weighted by Gasteiger charge is -2.34. The van der Waals surface area contributed by atoms with Crippen molar-refractivity contribution in [3.05, 3.63) is 41.4 Å². The van der Waals surface area contributed by atoms with Gasteiger partial charge in [0.1, 0.15) is 5.60 Å². The van der Waals surface area contributed by atoms with Gasteiger partial charge in [-0.05, 0) is 68.7 Å². The van der Waals surface area contributed by atoms with Gasteiger partial charge in [-0.15, -0.1) is 0 Å². The Balaban J connectivity index is 1.45. The first-order valence-electron chi connectivity index (χ1n) is 11.4. The fourth-order valence-corrected chi connectivity index (χ4v) is 5.38. The van der Waals surface area contributed by atoms with E-state index in [2.05, 4.69) is 5.32 Å². The summed E-state index contributed by atoms with van der Waals surface area (Å²) < 4.78 is 32.8. The van der Waals surface area contributed by atoms with Gasteiger partial charge in [-0.25, -0.2) is 13.2 Å². The number of nitrogens with one attached hydrogen (secondary N) is 1. The van der Waals surface area contributed by atoms with Crippen LogP contribution in [0, 0.1) is 0 Å².